The van der Waals surface area contributed by atoms with E-state index in [2.05, 4.69) is 10.4 Å². The summed E-state index contributed by atoms with van der Waals surface area (Å²) >= 11 is 24.1. The highest BCUT2D eigenvalue weighted by molar-refractivity contribution is 6.40. The normalized spacial score (nSPS) is 10.7. The summed E-state index contributed by atoms with van der Waals surface area (Å²) in [4.78, 5) is 12.4. The van der Waals surface area contributed by atoms with Crippen LogP contribution in [0.3, 0.4) is 0 Å². The predicted molar refractivity (Wildman–Crippen MR) is 102 cm³/mol. The highest BCUT2D eigenvalue weighted by Gasteiger charge is 2.15. The smallest absolute Gasteiger partial charge is 0.258 e. The molecule has 0 fully saturated rings. The minimum absolute atomic E-state index is 0.222. The SMILES string of the molecule is O=C(Nc1cnn(Cc2ccc(Cl)cc2Cl)c1)c1c(Cl)cccc1Cl. The van der Waals surface area contributed by atoms with Crippen LogP contribution in [-0.2, 0) is 6.54 Å². The molecule has 0 saturated heterocycles. The average molecular weight is 415 g/mol. The van der Waals surface area contributed by atoms with E-state index < -0.39 is 5.91 Å². The monoisotopic (exact) mass is 413 g/mol. The molecule has 0 aliphatic rings. The number of nitrogens with zero attached hydrogens (tertiary/aromatic N) is 2. The second-order valence-electron chi connectivity index (χ2n) is 5.21. The lowest BCUT2D eigenvalue weighted by Crippen LogP contribution is -2.12. The number of benzene rings is 2. The number of carbonyl (C=O) groups excluding carboxylic acids is 1. The molecule has 8 heteroatoms. The second-order valence-corrected chi connectivity index (χ2v) is 6.87. The van der Waals surface area contributed by atoms with Crippen molar-refractivity contribution < 1.29 is 4.79 Å². The minimum atomic E-state index is -0.403. The summed E-state index contributed by atoms with van der Waals surface area (Å²) in [5, 5.41) is 8.62. The molecule has 4 nitrogen and oxygen atoms in total. The molecule has 1 heterocycles. The van der Waals surface area contributed by atoms with Crippen molar-refractivity contribution >= 4 is 58.0 Å². The molecule has 1 aromatic heterocycles. The summed E-state index contributed by atoms with van der Waals surface area (Å²) in [6.45, 7) is 0.443. The van der Waals surface area contributed by atoms with Crippen LogP contribution in [0.25, 0.3) is 0 Å². The first-order valence-corrected chi connectivity index (χ1v) is 8.67. The number of hydrogen-bond donors (Lipinski definition) is 1. The van der Waals surface area contributed by atoms with Crippen LogP contribution in [0.2, 0.25) is 20.1 Å². The highest BCUT2D eigenvalue weighted by Crippen LogP contribution is 2.25. The first-order chi connectivity index (χ1) is 11.9. The van der Waals surface area contributed by atoms with Gasteiger partial charge in [-0.3, -0.25) is 9.48 Å². The molecule has 1 amide bonds. The maximum absolute atomic E-state index is 12.4. The van der Waals surface area contributed by atoms with Crippen molar-refractivity contribution in [3.63, 3.8) is 0 Å². The molecule has 0 radical (unpaired) electrons. The van der Waals surface area contributed by atoms with Gasteiger partial charge < -0.3 is 5.32 Å². The standard InChI is InChI=1S/C17H11Cl4N3O/c18-11-5-4-10(15(21)6-11)8-24-9-12(7-22-24)23-17(25)16-13(19)2-1-3-14(16)20/h1-7,9H,8H2,(H,23,25). The van der Waals surface area contributed by atoms with Gasteiger partial charge >= 0.3 is 0 Å². The number of anilines is 1. The number of halogens is 4. The maximum atomic E-state index is 12.4. The highest BCUT2D eigenvalue weighted by atomic mass is 35.5. The van der Waals surface area contributed by atoms with Crippen LogP contribution in [0.4, 0.5) is 5.69 Å². The second kappa shape index (κ2) is 7.67. The molecule has 2 aromatic carbocycles. The van der Waals surface area contributed by atoms with Crippen molar-refractivity contribution in [3.05, 3.63) is 80.0 Å². The summed E-state index contributed by atoms with van der Waals surface area (Å²) in [7, 11) is 0. The predicted octanol–water partition coefficient (Wildman–Crippen LogP) is 5.80. The van der Waals surface area contributed by atoms with Crippen LogP contribution in [0, 0.1) is 0 Å². The Hall–Kier alpha value is -1.72. The lowest BCUT2D eigenvalue weighted by atomic mass is 10.2. The molecule has 25 heavy (non-hydrogen) atoms. The zero-order chi connectivity index (χ0) is 18.0. The molecule has 0 atom stereocenters. The van der Waals surface area contributed by atoms with Crippen molar-refractivity contribution in [3.8, 4) is 0 Å². The molecular weight excluding hydrogens is 404 g/mol. The minimum Gasteiger partial charge on any atom is -0.319 e. The molecule has 0 aliphatic carbocycles. The fourth-order valence-electron chi connectivity index (χ4n) is 2.25. The average Bonchev–Trinajstić information content (AvgIpc) is 2.97. The quantitative estimate of drug-likeness (QED) is 0.586. The van der Waals surface area contributed by atoms with E-state index in [9.17, 15) is 4.79 Å². The molecule has 0 spiro atoms. The van der Waals surface area contributed by atoms with Crippen LogP contribution in [0.5, 0.6) is 0 Å². The zero-order valence-electron chi connectivity index (χ0n) is 12.6. The summed E-state index contributed by atoms with van der Waals surface area (Å²) in [5.41, 5.74) is 1.60. The summed E-state index contributed by atoms with van der Waals surface area (Å²) in [6, 6.07) is 10.1. The first kappa shape index (κ1) is 18.1. The Morgan fingerprint density at radius 3 is 2.44 bits per heavy atom. The van der Waals surface area contributed by atoms with E-state index in [1.807, 2.05) is 6.07 Å². The number of amides is 1. The summed E-state index contributed by atoms with van der Waals surface area (Å²) < 4.78 is 1.65. The molecule has 0 aliphatic heterocycles. The van der Waals surface area contributed by atoms with Gasteiger partial charge in [0.1, 0.15) is 0 Å². The molecule has 3 aromatic rings. The van der Waals surface area contributed by atoms with Gasteiger partial charge in [0.05, 0.1) is 34.0 Å². The van der Waals surface area contributed by atoms with E-state index in [4.69, 9.17) is 46.4 Å². The molecular formula is C17H11Cl4N3O. The van der Waals surface area contributed by atoms with Gasteiger partial charge in [-0.15, -0.1) is 0 Å². The Kier molecular flexibility index (Phi) is 5.54. The first-order valence-electron chi connectivity index (χ1n) is 7.16. The van der Waals surface area contributed by atoms with Gasteiger partial charge in [0.25, 0.3) is 5.91 Å². The lowest BCUT2D eigenvalue weighted by Gasteiger charge is -2.07. The van der Waals surface area contributed by atoms with E-state index in [0.717, 1.165) is 5.56 Å². The summed E-state index contributed by atoms with van der Waals surface area (Å²) in [6.07, 6.45) is 3.22. The van der Waals surface area contributed by atoms with Gasteiger partial charge in [0, 0.05) is 16.2 Å². The third kappa shape index (κ3) is 4.28. The topological polar surface area (TPSA) is 46.9 Å². The Morgan fingerprint density at radius 2 is 1.76 bits per heavy atom. The fourth-order valence-corrected chi connectivity index (χ4v) is 3.28. The largest absolute Gasteiger partial charge is 0.319 e. The Morgan fingerprint density at radius 1 is 1.04 bits per heavy atom. The van der Waals surface area contributed by atoms with Gasteiger partial charge in [-0.05, 0) is 29.8 Å². The number of hydrogen-bond acceptors (Lipinski definition) is 2. The Labute approximate surface area is 164 Å². The third-order valence-electron chi connectivity index (χ3n) is 3.43. The van der Waals surface area contributed by atoms with Crippen LogP contribution < -0.4 is 5.32 Å². The van der Waals surface area contributed by atoms with Crippen LogP contribution >= 0.6 is 46.4 Å². The maximum Gasteiger partial charge on any atom is 0.258 e. The van der Waals surface area contributed by atoms with Crippen LogP contribution in [0.1, 0.15) is 15.9 Å². The molecule has 1 N–H and O–H groups in total. The van der Waals surface area contributed by atoms with Gasteiger partial charge in [0.15, 0.2) is 0 Å². The number of carbonyl (C=O) groups is 1. The Balaban J connectivity index is 1.74. The zero-order valence-corrected chi connectivity index (χ0v) is 15.7. The summed E-state index contributed by atoms with van der Waals surface area (Å²) in [5.74, 6) is -0.403. The molecule has 0 saturated carbocycles. The van der Waals surface area contributed by atoms with Crippen LogP contribution in [0.15, 0.2) is 48.8 Å². The number of aromatic nitrogens is 2. The van der Waals surface area contributed by atoms with E-state index in [-0.39, 0.29) is 15.6 Å². The molecule has 3 rings (SSSR count). The van der Waals surface area contributed by atoms with Crippen molar-refractivity contribution in [1.82, 2.24) is 9.78 Å². The van der Waals surface area contributed by atoms with E-state index in [1.165, 1.54) is 6.20 Å². The van der Waals surface area contributed by atoms with Gasteiger partial charge in [0.2, 0.25) is 0 Å². The number of rotatable bonds is 4. The van der Waals surface area contributed by atoms with Crippen molar-refractivity contribution in [2.75, 3.05) is 5.32 Å². The number of nitrogens with one attached hydrogen (secondary N) is 1. The Bertz CT molecular complexity index is 919. The van der Waals surface area contributed by atoms with Crippen molar-refractivity contribution in [1.29, 1.82) is 0 Å². The van der Waals surface area contributed by atoms with Crippen molar-refractivity contribution in [2.24, 2.45) is 0 Å². The molecule has 0 bridgehead atoms. The fraction of sp³-hybridized carbons (Fsp3) is 0.0588. The van der Waals surface area contributed by atoms with E-state index in [0.29, 0.717) is 22.3 Å². The molecule has 0 unspecified atom stereocenters. The van der Waals surface area contributed by atoms with Crippen molar-refractivity contribution in [2.45, 2.75) is 6.54 Å². The van der Waals surface area contributed by atoms with Gasteiger partial charge in [-0.25, -0.2) is 0 Å². The van der Waals surface area contributed by atoms with Gasteiger partial charge in [-0.1, -0.05) is 58.5 Å². The third-order valence-corrected chi connectivity index (χ3v) is 4.65. The van der Waals surface area contributed by atoms with E-state index in [1.54, 1.807) is 41.2 Å². The van der Waals surface area contributed by atoms with E-state index >= 15 is 0 Å². The van der Waals surface area contributed by atoms with Gasteiger partial charge in [-0.2, -0.15) is 5.10 Å². The van der Waals surface area contributed by atoms with Crippen LogP contribution in [-0.4, -0.2) is 15.7 Å². The molecule has 128 valence electrons. The lowest BCUT2D eigenvalue weighted by molar-refractivity contribution is 0.102.